The van der Waals surface area contributed by atoms with E-state index in [-0.39, 0.29) is 17.0 Å². The lowest BCUT2D eigenvalue weighted by Gasteiger charge is -2.24. The maximum absolute atomic E-state index is 13.0. The molecular formula is C20H17N3O3S. The maximum Gasteiger partial charge on any atom is 0.269 e. The van der Waals surface area contributed by atoms with Crippen LogP contribution in [0.25, 0.3) is 5.69 Å². The van der Waals surface area contributed by atoms with E-state index >= 15 is 0 Å². The fourth-order valence-corrected chi connectivity index (χ4v) is 4.42. The van der Waals surface area contributed by atoms with E-state index < -0.39 is 4.92 Å². The van der Waals surface area contributed by atoms with Gasteiger partial charge in [-0.2, -0.15) is 0 Å². The van der Waals surface area contributed by atoms with Crippen molar-refractivity contribution in [1.29, 1.82) is 0 Å². The zero-order valence-corrected chi connectivity index (χ0v) is 15.2. The van der Waals surface area contributed by atoms with E-state index in [2.05, 4.69) is 0 Å². The average Bonchev–Trinajstić information content (AvgIpc) is 3.40. The van der Waals surface area contributed by atoms with Gasteiger partial charge in [-0.1, -0.05) is 0 Å². The first-order valence-corrected chi connectivity index (χ1v) is 9.59. The summed E-state index contributed by atoms with van der Waals surface area (Å²) in [5.74, 6) is 0.817. The molecule has 1 saturated heterocycles. The first-order chi connectivity index (χ1) is 13.1. The van der Waals surface area contributed by atoms with Crippen LogP contribution in [0.3, 0.4) is 0 Å². The van der Waals surface area contributed by atoms with Crippen LogP contribution in [-0.4, -0.2) is 32.6 Å². The molecule has 0 bridgehead atoms. The minimum absolute atomic E-state index is 0.0255. The summed E-state index contributed by atoms with van der Waals surface area (Å²) in [6.07, 6.45) is 3.91. The molecule has 2 heterocycles. The van der Waals surface area contributed by atoms with Gasteiger partial charge in [0.05, 0.1) is 4.92 Å². The topological polar surface area (TPSA) is 68.4 Å². The Bertz CT molecular complexity index is 953. The van der Waals surface area contributed by atoms with E-state index in [1.54, 1.807) is 23.9 Å². The number of amides is 1. The number of carbonyl (C=O) groups is 1. The highest BCUT2D eigenvalue weighted by atomic mass is 32.2. The quantitative estimate of drug-likeness (QED) is 0.501. The highest BCUT2D eigenvalue weighted by Gasteiger charge is 2.31. The van der Waals surface area contributed by atoms with Crippen LogP contribution in [0, 0.1) is 10.1 Å². The molecule has 6 nitrogen and oxygen atoms in total. The first kappa shape index (κ1) is 17.4. The van der Waals surface area contributed by atoms with Gasteiger partial charge in [0.25, 0.3) is 11.6 Å². The average molecular weight is 379 g/mol. The van der Waals surface area contributed by atoms with Gasteiger partial charge in [0.2, 0.25) is 0 Å². The molecule has 0 spiro atoms. The third-order valence-electron chi connectivity index (χ3n) is 4.56. The minimum atomic E-state index is -0.416. The van der Waals surface area contributed by atoms with E-state index in [0.29, 0.717) is 12.1 Å². The molecule has 7 heteroatoms. The summed E-state index contributed by atoms with van der Waals surface area (Å²) >= 11 is 1.67. The van der Waals surface area contributed by atoms with Gasteiger partial charge in [0.15, 0.2) is 0 Å². The Labute approximate surface area is 160 Å². The predicted octanol–water partition coefficient (Wildman–Crippen LogP) is 4.27. The van der Waals surface area contributed by atoms with Gasteiger partial charge in [0.1, 0.15) is 5.37 Å². The highest BCUT2D eigenvalue weighted by molar-refractivity contribution is 7.99. The standard InChI is InChI=1S/C20H17N3O3S/c24-19(15-3-7-17(8-4-15)21-11-1-2-12-21)22-13-14-27-20(22)16-5-9-18(10-6-16)23(25)26/h1-12,20H,13-14H2. The molecule has 1 aliphatic rings. The third kappa shape index (κ3) is 3.46. The normalized spacial score (nSPS) is 16.4. The van der Waals surface area contributed by atoms with Crippen molar-refractivity contribution in [3.63, 3.8) is 0 Å². The van der Waals surface area contributed by atoms with Crippen LogP contribution in [0.1, 0.15) is 21.3 Å². The highest BCUT2D eigenvalue weighted by Crippen LogP contribution is 2.39. The summed E-state index contributed by atoms with van der Waals surface area (Å²) in [7, 11) is 0. The van der Waals surface area contributed by atoms with Crippen molar-refractivity contribution in [3.05, 3.63) is 94.3 Å². The lowest BCUT2D eigenvalue weighted by molar-refractivity contribution is -0.384. The Kier molecular flexibility index (Phi) is 4.68. The van der Waals surface area contributed by atoms with Gasteiger partial charge in [-0.05, 0) is 54.1 Å². The molecule has 0 saturated carbocycles. The van der Waals surface area contributed by atoms with Gasteiger partial charge in [-0.3, -0.25) is 14.9 Å². The summed E-state index contributed by atoms with van der Waals surface area (Å²) in [6, 6.07) is 17.9. The number of nitrogens with zero attached hydrogens (tertiary/aromatic N) is 3. The van der Waals surface area contributed by atoms with Crippen molar-refractivity contribution < 1.29 is 9.72 Å². The molecule has 0 radical (unpaired) electrons. The molecule has 1 amide bonds. The van der Waals surface area contributed by atoms with Crippen LogP contribution in [0.15, 0.2) is 73.1 Å². The third-order valence-corrected chi connectivity index (χ3v) is 5.82. The van der Waals surface area contributed by atoms with Crippen LogP contribution < -0.4 is 0 Å². The van der Waals surface area contributed by atoms with E-state index in [1.165, 1.54) is 12.1 Å². The Balaban J connectivity index is 1.54. The predicted molar refractivity (Wildman–Crippen MR) is 105 cm³/mol. The number of hydrogen-bond acceptors (Lipinski definition) is 4. The molecule has 2 aromatic carbocycles. The zero-order chi connectivity index (χ0) is 18.8. The molecule has 1 aromatic heterocycles. The maximum atomic E-state index is 13.0. The van der Waals surface area contributed by atoms with E-state index in [0.717, 1.165) is 17.0 Å². The Morgan fingerprint density at radius 3 is 2.33 bits per heavy atom. The minimum Gasteiger partial charge on any atom is -0.324 e. The molecule has 4 rings (SSSR count). The SMILES string of the molecule is O=C(c1ccc(-n2cccc2)cc1)N1CCSC1c1ccc([N+](=O)[O-])cc1. The van der Waals surface area contributed by atoms with Crippen molar-refractivity contribution in [2.45, 2.75) is 5.37 Å². The molecule has 0 aliphatic carbocycles. The molecule has 1 aliphatic heterocycles. The fraction of sp³-hybridized carbons (Fsp3) is 0.150. The molecule has 0 N–H and O–H groups in total. The fourth-order valence-electron chi connectivity index (χ4n) is 3.16. The van der Waals surface area contributed by atoms with Crippen molar-refractivity contribution in [3.8, 4) is 5.69 Å². The monoisotopic (exact) mass is 379 g/mol. The van der Waals surface area contributed by atoms with Crippen LogP contribution >= 0.6 is 11.8 Å². The number of benzene rings is 2. The van der Waals surface area contributed by atoms with E-state index in [1.807, 2.05) is 58.3 Å². The lowest BCUT2D eigenvalue weighted by atomic mass is 10.1. The van der Waals surface area contributed by atoms with Crippen LogP contribution in [0.5, 0.6) is 0 Å². The van der Waals surface area contributed by atoms with Gasteiger partial charge in [0, 0.05) is 48.1 Å². The van der Waals surface area contributed by atoms with Crippen LogP contribution in [0.4, 0.5) is 5.69 Å². The smallest absolute Gasteiger partial charge is 0.269 e. The summed E-state index contributed by atoms with van der Waals surface area (Å²) < 4.78 is 1.99. The molecular weight excluding hydrogens is 362 g/mol. The number of non-ortho nitro benzene ring substituents is 1. The molecule has 136 valence electrons. The summed E-state index contributed by atoms with van der Waals surface area (Å²) in [4.78, 5) is 25.3. The molecule has 3 aromatic rings. The Morgan fingerprint density at radius 1 is 1.04 bits per heavy atom. The van der Waals surface area contributed by atoms with Crippen LogP contribution in [0.2, 0.25) is 0 Å². The van der Waals surface area contributed by atoms with Crippen molar-refractivity contribution >= 4 is 23.4 Å². The number of nitro groups is 1. The van der Waals surface area contributed by atoms with E-state index in [4.69, 9.17) is 0 Å². The van der Waals surface area contributed by atoms with Crippen molar-refractivity contribution in [2.75, 3.05) is 12.3 Å². The number of aromatic nitrogens is 1. The van der Waals surface area contributed by atoms with E-state index in [9.17, 15) is 14.9 Å². The largest absolute Gasteiger partial charge is 0.324 e. The number of thioether (sulfide) groups is 1. The number of rotatable bonds is 4. The van der Waals surface area contributed by atoms with Crippen molar-refractivity contribution in [1.82, 2.24) is 9.47 Å². The second kappa shape index (κ2) is 7.28. The summed E-state index contributed by atoms with van der Waals surface area (Å²) in [5, 5.41) is 10.7. The van der Waals surface area contributed by atoms with Crippen molar-refractivity contribution in [2.24, 2.45) is 0 Å². The van der Waals surface area contributed by atoms with Gasteiger partial charge < -0.3 is 9.47 Å². The second-order valence-corrected chi connectivity index (χ2v) is 7.40. The Hall–Kier alpha value is -3.06. The van der Waals surface area contributed by atoms with Gasteiger partial charge >= 0.3 is 0 Å². The lowest BCUT2D eigenvalue weighted by Crippen LogP contribution is -2.30. The number of carbonyl (C=O) groups excluding carboxylic acids is 1. The molecule has 1 unspecified atom stereocenters. The molecule has 1 atom stereocenters. The number of hydrogen-bond donors (Lipinski definition) is 0. The number of nitro benzene ring substituents is 1. The molecule has 1 fully saturated rings. The van der Waals surface area contributed by atoms with Crippen LogP contribution in [-0.2, 0) is 0 Å². The molecule has 27 heavy (non-hydrogen) atoms. The van der Waals surface area contributed by atoms with Gasteiger partial charge in [-0.25, -0.2) is 0 Å². The summed E-state index contributed by atoms with van der Waals surface area (Å²) in [5.41, 5.74) is 2.60. The summed E-state index contributed by atoms with van der Waals surface area (Å²) in [6.45, 7) is 0.657. The Morgan fingerprint density at radius 2 is 1.70 bits per heavy atom. The first-order valence-electron chi connectivity index (χ1n) is 8.54. The van der Waals surface area contributed by atoms with Gasteiger partial charge in [-0.15, -0.1) is 11.8 Å². The second-order valence-electron chi connectivity index (χ2n) is 6.21. The zero-order valence-electron chi connectivity index (χ0n) is 14.4.